The number of carbonyl (C=O) groups is 1. The molecule has 19 heavy (non-hydrogen) atoms. The number of aliphatic hydroxyl groups is 1. The average Bonchev–Trinajstić information content (AvgIpc) is 2.27. The molecule has 0 aromatic heterocycles. The number of nitrogens with zero attached hydrogens (tertiary/aromatic N) is 2. The normalized spacial score (nSPS) is 17.9. The lowest BCUT2D eigenvalue weighted by Gasteiger charge is -2.15. The minimum atomic E-state index is -4.48. The third-order valence-electron chi connectivity index (χ3n) is 2.42. The number of azo groups is 1. The standard InChI is InChI=1S/C12H13F3N2O2/c1-7(18)11(8(2)19)17-16-10-6-4-3-5-9(10)12(13,14)15/h4,6,18H,3,5H2,1-2H3. The largest absolute Gasteiger partial charge is 0.510 e. The molecular weight excluding hydrogens is 261 g/mol. The Kier molecular flexibility index (Phi) is 4.63. The molecule has 104 valence electrons. The molecule has 0 saturated heterocycles. The van der Waals surface area contributed by atoms with Crippen LogP contribution < -0.4 is 0 Å². The Labute approximate surface area is 108 Å². The fourth-order valence-corrected chi connectivity index (χ4v) is 1.53. The van der Waals surface area contributed by atoms with Gasteiger partial charge in [0.1, 0.15) is 5.76 Å². The van der Waals surface area contributed by atoms with Crippen LogP contribution in [0.1, 0.15) is 26.7 Å². The smallest absolute Gasteiger partial charge is 0.414 e. The van der Waals surface area contributed by atoms with Crippen LogP contribution in [-0.4, -0.2) is 17.1 Å². The van der Waals surface area contributed by atoms with Crippen LogP contribution in [0.4, 0.5) is 13.2 Å². The first-order valence-electron chi connectivity index (χ1n) is 5.53. The van der Waals surface area contributed by atoms with Crippen LogP contribution >= 0.6 is 0 Å². The first-order valence-corrected chi connectivity index (χ1v) is 5.53. The van der Waals surface area contributed by atoms with E-state index in [0.29, 0.717) is 0 Å². The van der Waals surface area contributed by atoms with Gasteiger partial charge in [0.15, 0.2) is 11.5 Å². The topological polar surface area (TPSA) is 62.0 Å². The number of aliphatic hydroxyl groups excluding tert-OH is 1. The van der Waals surface area contributed by atoms with E-state index in [1.165, 1.54) is 13.0 Å². The number of ketones is 1. The Balaban J connectivity index is 3.15. The van der Waals surface area contributed by atoms with Crippen molar-refractivity contribution in [1.82, 2.24) is 0 Å². The Morgan fingerprint density at radius 3 is 2.47 bits per heavy atom. The van der Waals surface area contributed by atoms with Crippen LogP contribution in [0, 0.1) is 0 Å². The van der Waals surface area contributed by atoms with Crippen molar-refractivity contribution in [2.24, 2.45) is 10.2 Å². The van der Waals surface area contributed by atoms with Crippen molar-refractivity contribution in [3.63, 3.8) is 0 Å². The van der Waals surface area contributed by atoms with E-state index in [4.69, 9.17) is 0 Å². The monoisotopic (exact) mass is 274 g/mol. The number of halogens is 3. The van der Waals surface area contributed by atoms with Crippen molar-refractivity contribution in [2.45, 2.75) is 32.9 Å². The van der Waals surface area contributed by atoms with Gasteiger partial charge in [-0.25, -0.2) is 0 Å². The molecule has 0 aliphatic heterocycles. The average molecular weight is 274 g/mol. The van der Waals surface area contributed by atoms with E-state index < -0.39 is 17.5 Å². The van der Waals surface area contributed by atoms with Gasteiger partial charge < -0.3 is 5.11 Å². The summed E-state index contributed by atoms with van der Waals surface area (Å²) in [6.07, 6.45) is -1.62. The Morgan fingerprint density at radius 2 is 2.00 bits per heavy atom. The lowest BCUT2D eigenvalue weighted by atomic mass is 10.0. The number of Topliss-reactive ketones (excluding diaryl/α,β-unsaturated/α-hetero) is 1. The minimum Gasteiger partial charge on any atom is -0.510 e. The molecule has 0 spiro atoms. The van der Waals surface area contributed by atoms with Crippen LogP contribution in [0.3, 0.4) is 0 Å². The number of rotatable bonds is 3. The number of alkyl halides is 3. The summed E-state index contributed by atoms with van der Waals surface area (Å²) in [4.78, 5) is 11.1. The maximum Gasteiger partial charge on any atom is 0.414 e. The van der Waals surface area contributed by atoms with E-state index in [0.717, 1.165) is 6.92 Å². The summed E-state index contributed by atoms with van der Waals surface area (Å²) < 4.78 is 38.1. The summed E-state index contributed by atoms with van der Waals surface area (Å²) in [6.45, 7) is 2.36. The lowest BCUT2D eigenvalue weighted by molar-refractivity contribution is -0.113. The second kappa shape index (κ2) is 5.81. The van der Waals surface area contributed by atoms with Gasteiger partial charge in [0.25, 0.3) is 0 Å². The maximum atomic E-state index is 12.7. The van der Waals surface area contributed by atoms with Crippen molar-refractivity contribution in [1.29, 1.82) is 0 Å². The highest BCUT2D eigenvalue weighted by Crippen LogP contribution is 2.35. The van der Waals surface area contributed by atoms with E-state index in [1.807, 2.05) is 0 Å². The highest BCUT2D eigenvalue weighted by Gasteiger charge is 2.36. The molecule has 0 saturated carbocycles. The molecule has 4 nitrogen and oxygen atoms in total. The SMILES string of the molecule is CC(=O)C(N=NC1=C(C(F)(F)F)CCC=C1)=C(C)O. The molecule has 0 aromatic carbocycles. The molecule has 0 aromatic rings. The first kappa shape index (κ1) is 15.1. The molecule has 0 fully saturated rings. The van der Waals surface area contributed by atoms with Gasteiger partial charge in [-0.05, 0) is 25.8 Å². The molecule has 1 N–H and O–H groups in total. The van der Waals surface area contributed by atoms with Gasteiger partial charge in [0.2, 0.25) is 0 Å². The Bertz CT molecular complexity index is 496. The molecule has 7 heteroatoms. The molecule has 0 radical (unpaired) electrons. The molecule has 0 amide bonds. The van der Waals surface area contributed by atoms with Crippen molar-refractivity contribution >= 4 is 5.78 Å². The quantitative estimate of drug-likeness (QED) is 0.480. The fourth-order valence-electron chi connectivity index (χ4n) is 1.53. The van der Waals surface area contributed by atoms with E-state index in [9.17, 15) is 23.1 Å². The van der Waals surface area contributed by atoms with Crippen LogP contribution in [0.25, 0.3) is 0 Å². The van der Waals surface area contributed by atoms with E-state index in [2.05, 4.69) is 10.2 Å². The van der Waals surface area contributed by atoms with Crippen molar-refractivity contribution in [3.8, 4) is 0 Å². The second-order valence-corrected chi connectivity index (χ2v) is 3.99. The van der Waals surface area contributed by atoms with Gasteiger partial charge in [0, 0.05) is 6.92 Å². The van der Waals surface area contributed by atoms with Crippen LogP contribution in [0.2, 0.25) is 0 Å². The molecular formula is C12H13F3N2O2. The van der Waals surface area contributed by atoms with E-state index in [-0.39, 0.29) is 30.0 Å². The van der Waals surface area contributed by atoms with Gasteiger partial charge in [-0.15, -0.1) is 5.11 Å². The van der Waals surface area contributed by atoms with Gasteiger partial charge >= 0.3 is 6.18 Å². The van der Waals surface area contributed by atoms with Crippen molar-refractivity contribution in [2.75, 3.05) is 0 Å². The van der Waals surface area contributed by atoms with Gasteiger partial charge in [-0.1, -0.05) is 6.08 Å². The zero-order valence-corrected chi connectivity index (χ0v) is 10.5. The van der Waals surface area contributed by atoms with E-state index >= 15 is 0 Å². The minimum absolute atomic E-state index is 0.175. The number of hydrogen-bond acceptors (Lipinski definition) is 4. The van der Waals surface area contributed by atoms with E-state index in [1.54, 1.807) is 6.08 Å². The number of carbonyl (C=O) groups excluding carboxylic acids is 1. The summed E-state index contributed by atoms with van der Waals surface area (Å²) in [6, 6.07) is 0. The molecule has 0 unspecified atom stereocenters. The zero-order valence-electron chi connectivity index (χ0n) is 10.5. The third kappa shape index (κ3) is 4.04. The Hall–Kier alpha value is -1.92. The highest BCUT2D eigenvalue weighted by atomic mass is 19.4. The molecule has 1 aliphatic carbocycles. The van der Waals surface area contributed by atoms with Crippen LogP contribution in [0.5, 0.6) is 0 Å². The summed E-state index contributed by atoms with van der Waals surface area (Å²) in [5.74, 6) is -0.956. The van der Waals surface area contributed by atoms with Crippen LogP contribution in [-0.2, 0) is 4.79 Å². The molecule has 0 bridgehead atoms. The predicted molar refractivity (Wildman–Crippen MR) is 62.3 cm³/mol. The predicted octanol–water partition coefficient (Wildman–Crippen LogP) is 3.98. The lowest BCUT2D eigenvalue weighted by Crippen LogP contribution is -2.15. The van der Waals surface area contributed by atoms with Gasteiger partial charge in [-0.2, -0.15) is 18.3 Å². The summed E-state index contributed by atoms with van der Waals surface area (Å²) in [5, 5.41) is 16.0. The number of allylic oxidation sites excluding steroid dienone is 5. The molecule has 1 aliphatic rings. The molecule has 1 rings (SSSR count). The van der Waals surface area contributed by atoms with Gasteiger partial charge in [-0.3, -0.25) is 4.79 Å². The third-order valence-corrected chi connectivity index (χ3v) is 2.42. The summed E-state index contributed by atoms with van der Waals surface area (Å²) >= 11 is 0. The highest BCUT2D eigenvalue weighted by molar-refractivity contribution is 5.93. The second-order valence-electron chi connectivity index (χ2n) is 3.99. The molecule has 0 atom stereocenters. The number of hydrogen-bond donors (Lipinski definition) is 1. The fraction of sp³-hybridized carbons (Fsp3) is 0.417. The Morgan fingerprint density at radius 1 is 1.37 bits per heavy atom. The van der Waals surface area contributed by atoms with Crippen molar-refractivity contribution in [3.05, 3.63) is 34.9 Å². The first-order chi connectivity index (χ1) is 8.73. The van der Waals surface area contributed by atoms with Gasteiger partial charge in [0.05, 0.1) is 11.3 Å². The summed E-state index contributed by atoms with van der Waals surface area (Å²) in [5.41, 5.74) is -1.47. The zero-order chi connectivity index (χ0) is 14.6. The van der Waals surface area contributed by atoms with Crippen LogP contribution in [0.15, 0.2) is 45.1 Å². The summed E-state index contributed by atoms with van der Waals surface area (Å²) in [7, 11) is 0. The molecule has 0 heterocycles. The van der Waals surface area contributed by atoms with Crippen molar-refractivity contribution < 1.29 is 23.1 Å². The maximum absolute atomic E-state index is 12.7.